The number of hydrogen-bond acceptors (Lipinski definition) is 7. The molecule has 2 aromatic heterocycles. The standard InChI is InChI=1S/C27H25F2N7O3/c1-14-10-16(4-6-18(14)26(38)31-12-27(29)8-9-27)21-22(35-36-23(21)24(30)32-13-33-36)19-7-5-17(11-20(19)39-3)34-25(37)15(2)28/h4-7,10-11,13H,2,8-9,12H2,1,3H3,(H,31,38)(H,34,37)(H2,30,32,33). The minimum absolute atomic E-state index is 0.0191. The van der Waals surface area contributed by atoms with Crippen molar-refractivity contribution in [3.8, 4) is 28.1 Å². The van der Waals surface area contributed by atoms with E-state index in [1.165, 1.54) is 24.1 Å². The van der Waals surface area contributed by atoms with E-state index in [1.807, 2.05) is 0 Å². The number of ether oxygens (including phenoxy) is 1. The van der Waals surface area contributed by atoms with Crippen LogP contribution in [0, 0.1) is 6.92 Å². The molecule has 0 unspecified atom stereocenters. The van der Waals surface area contributed by atoms with E-state index in [2.05, 4.69) is 32.4 Å². The summed E-state index contributed by atoms with van der Waals surface area (Å²) < 4.78 is 34.1. The first-order valence-electron chi connectivity index (χ1n) is 12.0. The van der Waals surface area contributed by atoms with Crippen LogP contribution in [0.15, 0.2) is 55.1 Å². The number of amides is 2. The zero-order chi connectivity index (χ0) is 27.9. The number of nitrogens with zero attached hydrogens (tertiary/aromatic N) is 4. The summed E-state index contributed by atoms with van der Waals surface area (Å²) in [7, 11) is 1.45. The number of carbonyl (C=O) groups excluding carboxylic acids is 2. The summed E-state index contributed by atoms with van der Waals surface area (Å²) in [6, 6.07) is 9.95. The van der Waals surface area contributed by atoms with Crippen molar-refractivity contribution in [2.45, 2.75) is 25.4 Å². The number of fused-ring (bicyclic) bond motifs is 1. The SMILES string of the molecule is C=C(F)C(=O)Nc1ccc(-c2nn3ncnc(N)c3c2-c2ccc(C(=O)NCC3(F)CC3)c(C)c2)c(OC)c1. The van der Waals surface area contributed by atoms with Crippen LogP contribution in [0.3, 0.4) is 0 Å². The number of benzene rings is 2. The summed E-state index contributed by atoms with van der Waals surface area (Å²) in [5, 5.41) is 13.9. The molecule has 0 bridgehead atoms. The van der Waals surface area contributed by atoms with E-state index in [1.54, 1.807) is 37.3 Å². The highest BCUT2D eigenvalue weighted by Crippen LogP contribution is 2.42. The highest BCUT2D eigenvalue weighted by molar-refractivity contribution is 6.03. The molecule has 0 saturated heterocycles. The van der Waals surface area contributed by atoms with Gasteiger partial charge in [-0.3, -0.25) is 9.59 Å². The highest BCUT2D eigenvalue weighted by atomic mass is 19.1. The van der Waals surface area contributed by atoms with Gasteiger partial charge in [-0.2, -0.15) is 0 Å². The minimum atomic E-state index is -1.30. The van der Waals surface area contributed by atoms with Crippen LogP contribution in [0.25, 0.3) is 27.9 Å². The average molecular weight is 534 g/mol. The largest absolute Gasteiger partial charge is 0.496 e. The van der Waals surface area contributed by atoms with Crippen LogP contribution in [0.1, 0.15) is 28.8 Å². The van der Waals surface area contributed by atoms with Gasteiger partial charge >= 0.3 is 0 Å². The van der Waals surface area contributed by atoms with Crippen LogP contribution in [0.5, 0.6) is 5.75 Å². The van der Waals surface area contributed by atoms with Crippen molar-refractivity contribution >= 4 is 28.8 Å². The Kier molecular flexibility index (Phi) is 6.46. The fourth-order valence-electron chi connectivity index (χ4n) is 4.26. The van der Waals surface area contributed by atoms with Crippen LogP contribution < -0.4 is 21.1 Å². The smallest absolute Gasteiger partial charge is 0.283 e. The Morgan fingerprint density at radius 2 is 2.00 bits per heavy atom. The number of rotatable bonds is 8. The molecule has 1 aliphatic rings. The molecule has 2 aromatic carbocycles. The van der Waals surface area contributed by atoms with Crippen molar-refractivity contribution in [1.29, 1.82) is 0 Å². The molecule has 4 aromatic rings. The average Bonchev–Trinajstić information content (AvgIpc) is 3.52. The first kappa shape index (κ1) is 25.8. The Morgan fingerprint density at radius 1 is 1.23 bits per heavy atom. The van der Waals surface area contributed by atoms with Crippen LogP contribution in [-0.4, -0.2) is 50.9 Å². The first-order valence-corrected chi connectivity index (χ1v) is 12.0. The maximum Gasteiger partial charge on any atom is 0.283 e. The molecule has 200 valence electrons. The third-order valence-electron chi connectivity index (χ3n) is 6.55. The number of methoxy groups -OCH3 is 1. The van der Waals surface area contributed by atoms with Crippen LogP contribution >= 0.6 is 0 Å². The van der Waals surface area contributed by atoms with E-state index in [0.717, 1.165) is 0 Å². The molecule has 1 aliphatic carbocycles. The van der Waals surface area contributed by atoms with Crippen LogP contribution in [0.2, 0.25) is 0 Å². The van der Waals surface area contributed by atoms with Gasteiger partial charge in [0.25, 0.3) is 11.8 Å². The fraction of sp³-hybridized carbons (Fsp3) is 0.222. The number of alkyl halides is 1. The van der Waals surface area contributed by atoms with Crippen LogP contribution in [-0.2, 0) is 4.79 Å². The fourth-order valence-corrected chi connectivity index (χ4v) is 4.26. The molecule has 1 saturated carbocycles. The van der Waals surface area contributed by atoms with Crippen molar-refractivity contribution < 1.29 is 23.1 Å². The normalized spacial score (nSPS) is 13.6. The van der Waals surface area contributed by atoms with E-state index < -0.39 is 17.4 Å². The molecule has 0 spiro atoms. The van der Waals surface area contributed by atoms with Gasteiger partial charge in [0.1, 0.15) is 29.0 Å². The Hall–Kier alpha value is -4.87. The van der Waals surface area contributed by atoms with Gasteiger partial charge in [0.15, 0.2) is 11.6 Å². The molecular weight excluding hydrogens is 508 g/mol. The third kappa shape index (κ3) is 5.00. The van der Waals surface area contributed by atoms with Crippen molar-refractivity contribution in [3.05, 3.63) is 66.3 Å². The van der Waals surface area contributed by atoms with E-state index in [0.29, 0.717) is 57.6 Å². The number of nitrogen functional groups attached to an aromatic ring is 1. The molecule has 0 radical (unpaired) electrons. The number of halogens is 2. The number of anilines is 2. The first-order chi connectivity index (χ1) is 18.6. The van der Waals surface area contributed by atoms with Gasteiger partial charge in [0.2, 0.25) is 0 Å². The number of nitrogens with one attached hydrogen (secondary N) is 2. The van der Waals surface area contributed by atoms with E-state index in [4.69, 9.17) is 10.5 Å². The van der Waals surface area contributed by atoms with Gasteiger partial charge in [0, 0.05) is 28.4 Å². The third-order valence-corrected chi connectivity index (χ3v) is 6.55. The Labute approximate surface area is 221 Å². The van der Waals surface area contributed by atoms with E-state index in [9.17, 15) is 18.4 Å². The summed E-state index contributed by atoms with van der Waals surface area (Å²) in [4.78, 5) is 28.6. The molecule has 39 heavy (non-hydrogen) atoms. The van der Waals surface area contributed by atoms with Gasteiger partial charge in [-0.25, -0.2) is 13.8 Å². The zero-order valence-electron chi connectivity index (χ0n) is 21.2. The van der Waals surface area contributed by atoms with Gasteiger partial charge in [-0.15, -0.1) is 14.8 Å². The summed E-state index contributed by atoms with van der Waals surface area (Å²) in [6.07, 6.45) is 2.18. The van der Waals surface area contributed by atoms with Gasteiger partial charge < -0.3 is 21.1 Å². The topological polar surface area (TPSA) is 137 Å². The molecular formula is C27H25F2N7O3. The number of aromatic nitrogens is 4. The molecule has 2 amide bonds. The Balaban J connectivity index is 1.59. The molecule has 5 rings (SSSR count). The predicted molar refractivity (Wildman–Crippen MR) is 142 cm³/mol. The molecule has 12 heteroatoms. The molecule has 4 N–H and O–H groups in total. The van der Waals surface area contributed by atoms with Crippen LogP contribution in [0.4, 0.5) is 20.3 Å². The number of aryl methyl sites for hydroxylation is 1. The lowest BCUT2D eigenvalue weighted by Gasteiger charge is -2.13. The molecule has 0 atom stereocenters. The molecule has 0 aliphatic heterocycles. The second-order valence-corrected chi connectivity index (χ2v) is 9.34. The van der Waals surface area contributed by atoms with E-state index in [-0.39, 0.29) is 24.0 Å². The second-order valence-electron chi connectivity index (χ2n) is 9.34. The monoisotopic (exact) mass is 533 g/mol. The maximum absolute atomic E-state index is 14.0. The van der Waals surface area contributed by atoms with Crippen molar-refractivity contribution in [2.75, 3.05) is 24.7 Å². The van der Waals surface area contributed by atoms with Gasteiger partial charge in [-0.1, -0.05) is 18.7 Å². The van der Waals surface area contributed by atoms with E-state index >= 15 is 0 Å². The number of hydrogen-bond donors (Lipinski definition) is 3. The molecule has 10 nitrogen and oxygen atoms in total. The van der Waals surface area contributed by atoms with Crippen molar-refractivity contribution in [3.63, 3.8) is 0 Å². The summed E-state index contributed by atoms with van der Waals surface area (Å²) in [5.41, 5.74) is 8.96. The molecule has 1 fully saturated rings. The second kappa shape index (κ2) is 9.78. The molecule has 2 heterocycles. The zero-order valence-corrected chi connectivity index (χ0v) is 21.2. The van der Waals surface area contributed by atoms with Gasteiger partial charge in [-0.05, 0) is 49.1 Å². The summed E-state index contributed by atoms with van der Waals surface area (Å²) in [6.45, 7) is 4.76. The number of carbonyl (C=O) groups is 2. The lowest BCUT2D eigenvalue weighted by molar-refractivity contribution is -0.114. The summed E-state index contributed by atoms with van der Waals surface area (Å²) in [5.74, 6) is -1.94. The van der Waals surface area contributed by atoms with Crippen molar-refractivity contribution in [1.82, 2.24) is 25.1 Å². The number of nitrogens with two attached hydrogens (primary N) is 1. The Bertz CT molecular complexity index is 1650. The minimum Gasteiger partial charge on any atom is -0.496 e. The van der Waals surface area contributed by atoms with Crippen molar-refractivity contribution in [2.24, 2.45) is 0 Å². The quantitative estimate of drug-likeness (QED) is 0.291. The lowest BCUT2D eigenvalue weighted by Crippen LogP contribution is -2.31. The Morgan fingerprint density at radius 3 is 2.67 bits per heavy atom. The maximum atomic E-state index is 14.0. The van der Waals surface area contributed by atoms with Gasteiger partial charge in [0.05, 0.1) is 13.7 Å². The highest BCUT2D eigenvalue weighted by Gasteiger charge is 2.43. The lowest BCUT2D eigenvalue weighted by atomic mass is 9.95. The summed E-state index contributed by atoms with van der Waals surface area (Å²) >= 11 is 0. The predicted octanol–water partition coefficient (Wildman–Crippen LogP) is 4.01.